The quantitative estimate of drug-likeness (QED) is 0.678. The predicted octanol–water partition coefficient (Wildman–Crippen LogP) is 5.22. The second-order valence-electron chi connectivity index (χ2n) is 6.50. The molecule has 0 bridgehead atoms. The summed E-state index contributed by atoms with van der Waals surface area (Å²) in [5.74, 6) is 0.838. The fourth-order valence-electron chi connectivity index (χ4n) is 2.89. The largest absolute Gasteiger partial charge is 0.300 e. The molecule has 0 heterocycles. The van der Waals surface area contributed by atoms with Gasteiger partial charge in [0.1, 0.15) is 11.6 Å². The number of hydrogen-bond donors (Lipinski definition) is 0. The molecule has 0 spiro atoms. The molecule has 122 valence electrons. The Morgan fingerprint density at radius 1 is 1.25 bits per heavy atom. The molecule has 1 aliphatic carbocycles. The molecule has 0 atom stereocenters. The first-order valence-corrected chi connectivity index (χ1v) is 8.92. The summed E-state index contributed by atoms with van der Waals surface area (Å²) in [4.78, 5) is 12.4. The lowest BCUT2D eigenvalue weighted by Crippen LogP contribution is -2.09. The van der Waals surface area contributed by atoms with Crippen LogP contribution in [-0.2, 0) is 4.79 Å². The normalized spacial score (nSPS) is 14.9. The van der Waals surface area contributed by atoms with Gasteiger partial charge in [0.15, 0.2) is 0 Å². The molecule has 2 aromatic rings. The fraction of sp³-hybridized carbons (Fsp3) is 0.300. The number of nitrogens with zero attached hydrogens (tertiary/aromatic N) is 1. The molecule has 24 heavy (non-hydrogen) atoms. The number of benzene rings is 2. The van der Waals surface area contributed by atoms with Gasteiger partial charge in [0.25, 0.3) is 0 Å². The van der Waals surface area contributed by atoms with Gasteiger partial charge >= 0.3 is 0 Å². The smallest absolute Gasteiger partial charge is 0.130 e. The van der Waals surface area contributed by atoms with Crippen molar-refractivity contribution in [2.24, 2.45) is 5.41 Å². The van der Waals surface area contributed by atoms with E-state index in [0.717, 1.165) is 34.6 Å². The van der Waals surface area contributed by atoms with Gasteiger partial charge in [0, 0.05) is 17.1 Å². The number of hydrogen-bond acceptors (Lipinski definition) is 3. The zero-order chi connectivity index (χ0) is 17.2. The van der Waals surface area contributed by atoms with Crippen molar-refractivity contribution in [1.29, 1.82) is 5.26 Å². The highest BCUT2D eigenvalue weighted by Gasteiger charge is 2.43. The summed E-state index contributed by atoms with van der Waals surface area (Å²) in [5, 5.41) is 8.91. The van der Waals surface area contributed by atoms with Crippen LogP contribution in [0.4, 0.5) is 4.39 Å². The fourth-order valence-corrected chi connectivity index (χ4v) is 4.23. The molecule has 1 fully saturated rings. The van der Waals surface area contributed by atoms with Crippen molar-refractivity contribution < 1.29 is 9.18 Å². The SMILES string of the molecule is CC(=O)CC1(CSc2ccc(F)cc2-c2ccc(C#N)cc2)CC1. The van der Waals surface area contributed by atoms with Gasteiger partial charge in [-0.05, 0) is 66.6 Å². The van der Waals surface area contributed by atoms with Crippen molar-refractivity contribution in [3.8, 4) is 17.2 Å². The van der Waals surface area contributed by atoms with Crippen LogP contribution in [-0.4, -0.2) is 11.5 Å². The van der Waals surface area contributed by atoms with Crippen LogP contribution < -0.4 is 0 Å². The van der Waals surface area contributed by atoms with E-state index >= 15 is 0 Å². The molecular weight excluding hydrogens is 321 g/mol. The lowest BCUT2D eigenvalue weighted by Gasteiger charge is -2.15. The molecule has 0 N–H and O–H groups in total. The van der Waals surface area contributed by atoms with Crippen LogP contribution in [0.25, 0.3) is 11.1 Å². The minimum Gasteiger partial charge on any atom is -0.300 e. The van der Waals surface area contributed by atoms with E-state index in [2.05, 4.69) is 6.07 Å². The lowest BCUT2D eigenvalue weighted by molar-refractivity contribution is -0.117. The molecule has 3 rings (SSSR count). The monoisotopic (exact) mass is 339 g/mol. The number of nitriles is 1. The lowest BCUT2D eigenvalue weighted by atomic mass is 10.0. The second-order valence-corrected chi connectivity index (χ2v) is 7.51. The molecule has 0 unspecified atom stereocenters. The zero-order valence-corrected chi connectivity index (χ0v) is 14.3. The molecule has 1 aliphatic rings. The van der Waals surface area contributed by atoms with Crippen LogP contribution in [0.3, 0.4) is 0 Å². The average Bonchev–Trinajstić information content (AvgIpc) is 3.32. The Hall–Kier alpha value is -2.12. The van der Waals surface area contributed by atoms with Crippen LogP contribution >= 0.6 is 11.8 Å². The van der Waals surface area contributed by atoms with Gasteiger partial charge in [-0.25, -0.2) is 4.39 Å². The molecule has 0 aliphatic heterocycles. The molecule has 0 aromatic heterocycles. The van der Waals surface area contributed by atoms with E-state index in [1.165, 1.54) is 12.1 Å². The van der Waals surface area contributed by atoms with Crippen molar-refractivity contribution in [2.75, 3.05) is 5.75 Å². The Morgan fingerprint density at radius 2 is 1.96 bits per heavy atom. The summed E-state index contributed by atoms with van der Waals surface area (Å²) in [6.45, 7) is 1.64. The summed E-state index contributed by atoms with van der Waals surface area (Å²) < 4.78 is 13.7. The highest BCUT2D eigenvalue weighted by atomic mass is 32.2. The maximum absolute atomic E-state index is 13.7. The Bertz CT molecular complexity index is 803. The van der Waals surface area contributed by atoms with Crippen molar-refractivity contribution >= 4 is 17.5 Å². The number of thioether (sulfide) groups is 1. The predicted molar refractivity (Wildman–Crippen MR) is 94.2 cm³/mol. The highest BCUT2D eigenvalue weighted by molar-refractivity contribution is 7.99. The number of carbonyl (C=O) groups excluding carboxylic acids is 1. The summed E-state index contributed by atoms with van der Waals surface area (Å²) in [7, 11) is 0. The minimum absolute atomic E-state index is 0.132. The Morgan fingerprint density at radius 3 is 2.54 bits per heavy atom. The molecule has 1 saturated carbocycles. The molecule has 4 heteroatoms. The van der Waals surface area contributed by atoms with Crippen LogP contribution in [0.2, 0.25) is 0 Å². The molecule has 0 amide bonds. The van der Waals surface area contributed by atoms with Gasteiger partial charge in [-0.2, -0.15) is 5.26 Å². The van der Waals surface area contributed by atoms with Gasteiger partial charge in [-0.1, -0.05) is 12.1 Å². The number of rotatable bonds is 6. The van der Waals surface area contributed by atoms with Gasteiger partial charge in [-0.3, -0.25) is 0 Å². The van der Waals surface area contributed by atoms with E-state index < -0.39 is 0 Å². The third kappa shape index (κ3) is 3.85. The second kappa shape index (κ2) is 6.78. The van der Waals surface area contributed by atoms with E-state index in [-0.39, 0.29) is 17.0 Å². The van der Waals surface area contributed by atoms with Gasteiger partial charge in [0.05, 0.1) is 11.6 Å². The average molecular weight is 339 g/mol. The maximum atomic E-state index is 13.7. The zero-order valence-electron chi connectivity index (χ0n) is 13.5. The van der Waals surface area contributed by atoms with Crippen molar-refractivity contribution in [3.05, 3.63) is 53.8 Å². The van der Waals surface area contributed by atoms with Gasteiger partial charge < -0.3 is 4.79 Å². The van der Waals surface area contributed by atoms with Gasteiger partial charge in [-0.15, -0.1) is 11.8 Å². The van der Waals surface area contributed by atoms with Crippen molar-refractivity contribution in [2.45, 2.75) is 31.1 Å². The maximum Gasteiger partial charge on any atom is 0.130 e. The van der Waals surface area contributed by atoms with Crippen LogP contribution in [0.5, 0.6) is 0 Å². The molecule has 2 nitrogen and oxygen atoms in total. The molecule has 0 radical (unpaired) electrons. The van der Waals surface area contributed by atoms with Crippen LogP contribution in [0.15, 0.2) is 47.4 Å². The molecule has 2 aromatic carbocycles. The third-order valence-corrected chi connectivity index (χ3v) is 5.81. The van der Waals surface area contributed by atoms with E-state index in [9.17, 15) is 9.18 Å². The summed E-state index contributed by atoms with van der Waals surface area (Å²) in [6, 6.07) is 14.1. The Labute approximate surface area is 145 Å². The van der Waals surface area contributed by atoms with E-state index in [1.807, 2.05) is 12.1 Å². The number of ketones is 1. The van der Waals surface area contributed by atoms with Gasteiger partial charge in [0.2, 0.25) is 0 Å². The third-order valence-electron chi connectivity index (χ3n) is 4.38. The topological polar surface area (TPSA) is 40.9 Å². The van der Waals surface area contributed by atoms with E-state index in [0.29, 0.717) is 12.0 Å². The first-order valence-electron chi connectivity index (χ1n) is 7.94. The Kier molecular flexibility index (Phi) is 4.73. The van der Waals surface area contributed by atoms with Crippen molar-refractivity contribution in [1.82, 2.24) is 0 Å². The summed E-state index contributed by atoms with van der Waals surface area (Å²) in [6.07, 6.45) is 2.81. The molecule has 0 saturated heterocycles. The first kappa shape index (κ1) is 16.7. The minimum atomic E-state index is -0.274. The van der Waals surface area contributed by atoms with Crippen LogP contribution in [0, 0.1) is 22.6 Å². The standard InChI is InChI=1S/C20H18FNOS/c1-14(23)11-20(8-9-20)13-24-19-7-6-17(21)10-18(19)16-4-2-15(12-22)3-5-16/h2-7,10H,8-9,11,13H2,1H3. The summed E-state index contributed by atoms with van der Waals surface area (Å²) in [5.41, 5.74) is 2.45. The Balaban J connectivity index is 1.83. The first-order chi connectivity index (χ1) is 11.5. The van der Waals surface area contributed by atoms with Crippen molar-refractivity contribution in [3.63, 3.8) is 0 Å². The molecular formula is C20H18FNOS. The number of carbonyl (C=O) groups is 1. The highest BCUT2D eigenvalue weighted by Crippen LogP contribution is 2.52. The van der Waals surface area contributed by atoms with E-state index in [4.69, 9.17) is 5.26 Å². The number of Topliss-reactive ketones (excluding diaryl/α,β-unsaturated/α-hetero) is 1. The van der Waals surface area contributed by atoms with Crippen LogP contribution in [0.1, 0.15) is 31.7 Å². The summed E-state index contributed by atoms with van der Waals surface area (Å²) >= 11 is 1.69. The van der Waals surface area contributed by atoms with E-state index in [1.54, 1.807) is 36.9 Å². The number of halogens is 1.